The number of rotatable bonds is 2. The van der Waals surface area contributed by atoms with Crippen LogP contribution in [0, 0.1) is 0 Å². The molecule has 0 radical (unpaired) electrons. The first kappa shape index (κ1) is 12.1. The molecule has 1 aromatic carbocycles. The molecule has 2 unspecified atom stereocenters. The number of amides is 1. The predicted molar refractivity (Wildman–Crippen MR) is 60.9 cm³/mol. The van der Waals surface area contributed by atoms with Crippen LogP contribution in [-0.4, -0.2) is 35.9 Å². The highest BCUT2D eigenvalue weighted by Crippen LogP contribution is 2.32. The fraction of sp³-hybridized carbons (Fsp3) is 0.364. The highest BCUT2D eigenvalue weighted by atomic mass is 32.2. The third kappa shape index (κ3) is 1.64. The first-order valence-electron chi connectivity index (χ1n) is 5.23. The highest BCUT2D eigenvalue weighted by molar-refractivity contribution is 7.90. The minimum Gasteiger partial charge on any atom is -0.391 e. The van der Waals surface area contributed by atoms with Crippen molar-refractivity contribution in [1.82, 2.24) is 4.31 Å². The van der Waals surface area contributed by atoms with Crippen molar-refractivity contribution in [2.45, 2.75) is 30.9 Å². The quantitative estimate of drug-likeness (QED) is 0.839. The fourth-order valence-corrected chi connectivity index (χ4v) is 3.63. The number of fused-ring (bicyclic) bond motifs is 1. The number of aliphatic hydroxyl groups excluding tert-OH is 1. The zero-order valence-corrected chi connectivity index (χ0v) is 10.3. The minimum atomic E-state index is -3.82. The van der Waals surface area contributed by atoms with Gasteiger partial charge in [0.25, 0.3) is 15.9 Å². The van der Waals surface area contributed by atoms with Crippen molar-refractivity contribution in [2.24, 2.45) is 0 Å². The maximum Gasteiger partial charge on any atom is 0.269 e. The van der Waals surface area contributed by atoms with E-state index in [9.17, 15) is 18.3 Å². The minimum absolute atomic E-state index is 0.0116. The van der Waals surface area contributed by atoms with E-state index in [1.807, 2.05) is 0 Å². The lowest BCUT2D eigenvalue weighted by atomic mass is 10.1. The molecule has 1 amide bonds. The summed E-state index contributed by atoms with van der Waals surface area (Å²) in [6.07, 6.45) is -0.914. The first-order chi connectivity index (χ1) is 7.87. The van der Waals surface area contributed by atoms with Gasteiger partial charge in [0, 0.05) is 0 Å². The van der Waals surface area contributed by atoms with Gasteiger partial charge in [0.15, 0.2) is 0 Å². The molecule has 1 heterocycles. The van der Waals surface area contributed by atoms with Gasteiger partial charge in [0.1, 0.15) is 4.90 Å². The average molecular weight is 255 g/mol. The zero-order valence-electron chi connectivity index (χ0n) is 9.49. The summed E-state index contributed by atoms with van der Waals surface area (Å²) in [6, 6.07) is 5.28. The molecule has 92 valence electrons. The molecule has 1 aliphatic rings. The summed E-state index contributed by atoms with van der Waals surface area (Å²) in [4.78, 5) is 12.0. The summed E-state index contributed by atoms with van der Waals surface area (Å²) in [6.45, 7) is 2.96. The van der Waals surface area contributed by atoms with Gasteiger partial charge in [0.2, 0.25) is 0 Å². The van der Waals surface area contributed by atoms with Crippen molar-refractivity contribution >= 4 is 15.9 Å². The van der Waals surface area contributed by atoms with Gasteiger partial charge in [-0.2, -0.15) is 0 Å². The summed E-state index contributed by atoms with van der Waals surface area (Å²) in [5, 5.41) is 9.45. The van der Waals surface area contributed by atoms with E-state index in [1.165, 1.54) is 26.0 Å². The molecule has 0 fully saturated rings. The second-order valence-electron chi connectivity index (χ2n) is 4.08. The van der Waals surface area contributed by atoms with Crippen molar-refractivity contribution in [3.8, 4) is 0 Å². The van der Waals surface area contributed by atoms with Gasteiger partial charge in [0.05, 0.1) is 17.7 Å². The molecule has 1 aliphatic heterocycles. The molecule has 0 saturated heterocycles. The van der Waals surface area contributed by atoms with Crippen LogP contribution in [-0.2, 0) is 10.0 Å². The molecule has 0 aliphatic carbocycles. The molecule has 0 bridgehead atoms. The SMILES string of the molecule is CC(O)C(C)N1C(=O)c2ccccc2S1(=O)=O. The largest absolute Gasteiger partial charge is 0.391 e. The lowest BCUT2D eigenvalue weighted by molar-refractivity contribution is 0.0696. The third-order valence-electron chi connectivity index (χ3n) is 2.92. The van der Waals surface area contributed by atoms with E-state index in [0.29, 0.717) is 0 Å². The summed E-state index contributed by atoms with van der Waals surface area (Å²) in [5.41, 5.74) is 0.167. The number of benzene rings is 1. The van der Waals surface area contributed by atoms with Crippen LogP contribution in [0.1, 0.15) is 24.2 Å². The van der Waals surface area contributed by atoms with Crippen LogP contribution < -0.4 is 0 Å². The van der Waals surface area contributed by atoms with Gasteiger partial charge in [-0.15, -0.1) is 0 Å². The van der Waals surface area contributed by atoms with Crippen molar-refractivity contribution < 1.29 is 18.3 Å². The summed E-state index contributed by atoms with van der Waals surface area (Å²) in [5.74, 6) is -0.575. The molecule has 5 nitrogen and oxygen atoms in total. The van der Waals surface area contributed by atoms with E-state index in [1.54, 1.807) is 12.1 Å². The molecule has 1 aromatic rings. The molecule has 6 heteroatoms. The molecule has 0 spiro atoms. The third-order valence-corrected chi connectivity index (χ3v) is 4.85. The molecule has 2 rings (SSSR count). The molecular formula is C11H13NO4S. The van der Waals surface area contributed by atoms with Crippen molar-refractivity contribution in [1.29, 1.82) is 0 Å². The number of sulfonamides is 1. The van der Waals surface area contributed by atoms with E-state index in [4.69, 9.17) is 0 Å². The van der Waals surface area contributed by atoms with Crippen molar-refractivity contribution in [2.75, 3.05) is 0 Å². The Morgan fingerprint density at radius 1 is 1.24 bits per heavy atom. The zero-order chi connectivity index (χ0) is 12.8. The Morgan fingerprint density at radius 2 is 1.82 bits per heavy atom. The Bertz CT molecular complexity index is 565. The highest BCUT2D eigenvalue weighted by Gasteiger charge is 2.44. The Balaban J connectivity index is 2.59. The van der Waals surface area contributed by atoms with E-state index in [2.05, 4.69) is 0 Å². The normalized spacial score (nSPS) is 21.1. The van der Waals surface area contributed by atoms with Crippen LogP contribution >= 0.6 is 0 Å². The lowest BCUT2D eigenvalue weighted by Gasteiger charge is -2.25. The Hall–Kier alpha value is -1.40. The van der Waals surface area contributed by atoms with E-state index in [-0.39, 0.29) is 10.5 Å². The van der Waals surface area contributed by atoms with Crippen molar-refractivity contribution in [3.05, 3.63) is 29.8 Å². The van der Waals surface area contributed by atoms with E-state index >= 15 is 0 Å². The van der Waals surface area contributed by atoms with Gasteiger partial charge in [-0.3, -0.25) is 4.79 Å². The fourth-order valence-electron chi connectivity index (χ4n) is 1.80. The number of hydrogen-bond donors (Lipinski definition) is 1. The maximum absolute atomic E-state index is 12.1. The second-order valence-corrected chi connectivity index (χ2v) is 5.87. The van der Waals surface area contributed by atoms with Gasteiger partial charge in [-0.05, 0) is 26.0 Å². The van der Waals surface area contributed by atoms with Gasteiger partial charge >= 0.3 is 0 Å². The van der Waals surface area contributed by atoms with E-state index in [0.717, 1.165) is 4.31 Å². The standard InChI is InChI=1S/C11H13NO4S/c1-7(8(2)13)12-11(14)9-5-3-4-6-10(9)17(12,15)16/h3-8,13H,1-2H3. The van der Waals surface area contributed by atoms with Gasteiger partial charge in [-0.25, -0.2) is 12.7 Å². The van der Waals surface area contributed by atoms with Crippen LogP contribution in [0.3, 0.4) is 0 Å². The Labute approximate surface area is 99.7 Å². The topological polar surface area (TPSA) is 74.7 Å². The number of carbonyl (C=O) groups is 1. The van der Waals surface area contributed by atoms with Crippen LogP contribution in [0.25, 0.3) is 0 Å². The predicted octanol–water partition coefficient (Wildman–Crippen LogP) is 0.600. The number of aliphatic hydroxyl groups is 1. The summed E-state index contributed by atoms with van der Waals surface area (Å²) >= 11 is 0. The summed E-state index contributed by atoms with van der Waals surface area (Å²) in [7, 11) is -3.82. The average Bonchev–Trinajstić information content (AvgIpc) is 2.47. The molecular weight excluding hydrogens is 242 g/mol. The van der Waals surface area contributed by atoms with Gasteiger partial charge < -0.3 is 5.11 Å². The van der Waals surface area contributed by atoms with Gasteiger partial charge in [-0.1, -0.05) is 12.1 Å². The van der Waals surface area contributed by atoms with Crippen LogP contribution in [0.4, 0.5) is 0 Å². The summed E-state index contributed by atoms with van der Waals surface area (Å²) < 4.78 is 25.0. The van der Waals surface area contributed by atoms with E-state index < -0.39 is 28.1 Å². The number of hydrogen-bond acceptors (Lipinski definition) is 4. The number of carbonyl (C=O) groups excluding carboxylic acids is 1. The monoisotopic (exact) mass is 255 g/mol. The second kappa shape index (κ2) is 3.82. The molecule has 17 heavy (non-hydrogen) atoms. The lowest BCUT2D eigenvalue weighted by Crippen LogP contribution is -2.43. The first-order valence-corrected chi connectivity index (χ1v) is 6.67. The molecule has 2 atom stereocenters. The molecule has 0 aromatic heterocycles. The van der Waals surface area contributed by atoms with Crippen LogP contribution in [0.5, 0.6) is 0 Å². The number of nitrogens with zero attached hydrogens (tertiary/aromatic N) is 1. The molecule has 0 saturated carbocycles. The van der Waals surface area contributed by atoms with Crippen LogP contribution in [0.2, 0.25) is 0 Å². The van der Waals surface area contributed by atoms with Crippen molar-refractivity contribution in [3.63, 3.8) is 0 Å². The maximum atomic E-state index is 12.1. The van der Waals surface area contributed by atoms with Crippen LogP contribution in [0.15, 0.2) is 29.2 Å². The Kier molecular flexibility index (Phi) is 2.71. The Morgan fingerprint density at radius 3 is 2.35 bits per heavy atom. The smallest absolute Gasteiger partial charge is 0.269 e. The molecule has 1 N–H and O–H groups in total.